The van der Waals surface area contributed by atoms with Crippen LogP contribution in [0.3, 0.4) is 0 Å². The Morgan fingerprint density at radius 3 is 2.61 bits per heavy atom. The van der Waals surface area contributed by atoms with Crippen molar-refractivity contribution >= 4 is 11.6 Å². The molecule has 2 rings (SSSR count). The minimum Gasteiger partial charge on any atom is -0.399 e. The summed E-state index contributed by atoms with van der Waals surface area (Å²) in [5, 5.41) is 2.90. The number of nitrogens with zero attached hydrogens (tertiary/aromatic N) is 1. The van der Waals surface area contributed by atoms with E-state index in [9.17, 15) is 9.18 Å². The maximum Gasteiger partial charge on any atom is 0.251 e. The highest BCUT2D eigenvalue weighted by atomic mass is 19.1. The molecule has 23 heavy (non-hydrogen) atoms. The molecule has 0 aromatic heterocycles. The molecule has 0 saturated heterocycles. The van der Waals surface area contributed by atoms with Crippen molar-refractivity contribution in [2.45, 2.75) is 13.5 Å². The molecule has 2 aromatic carbocycles. The predicted octanol–water partition coefficient (Wildman–Crippen LogP) is 2.58. The fourth-order valence-electron chi connectivity index (χ4n) is 2.32. The molecule has 0 atom stereocenters. The summed E-state index contributed by atoms with van der Waals surface area (Å²) < 4.78 is 12.9. The number of rotatable bonds is 6. The van der Waals surface area contributed by atoms with E-state index in [0.717, 1.165) is 11.1 Å². The molecule has 122 valence electrons. The normalized spacial score (nSPS) is 10.8. The van der Waals surface area contributed by atoms with E-state index in [1.807, 2.05) is 20.0 Å². The molecular weight excluding hydrogens is 293 g/mol. The monoisotopic (exact) mass is 315 g/mol. The molecule has 0 spiro atoms. The highest BCUT2D eigenvalue weighted by Crippen LogP contribution is 2.12. The second kappa shape index (κ2) is 7.74. The number of halogens is 1. The van der Waals surface area contributed by atoms with E-state index in [4.69, 9.17) is 5.73 Å². The van der Waals surface area contributed by atoms with Gasteiger partial charge >= 0.3 is 0 Å². The van der Waals surface area contributed by atoms with Crippen LogP contribution in [0.2, 0.25) is 0 Å². The molecule has 0 bridgehead atoms. The van der Waals surface area contributed by atoms with Gasteiger partial charge in [0.05, 0.1) is 0 Å². The first-order valence-corrected chi connectivity index (χ1v) is 7.53. The van der Waals surface area contributed by atoms with Crippen molar-refractivity contribution in [2.24, 2.45) is 0 Å². The number of nitrogens with one attached hydrogen (secondary N) is 1. The Balaban J connectivity index is 1.80. The number of carbonyl (C=O) groups is 1. The Morgan fingerprint density at radius 2 is 1.91 bits per heavy atom. The van der Waals surface area contributed by atoms with Crippen molar-refractivity contribution in [3.63, 3.8) is 0 Å². The van der Waals surface area contributed by atoms with Gasteiger partial charge in [-0.05, 0) is 49.4 Å². The van der Waals surface area contributed by atoms with Crippen LogP contribution in [-0.4, -0.2) is 30.9 Å². The van der Waals surface area contributed by atoms with E-state index < -0.39 is 0 Å². The number of likely N-dealkylation sites (N-methyl/N-ethyl adjacent to an activating group) is 1. The van der Waals surface area contributed by atoms with Crippen LogP contribution in [0.5, 0.6) is 0 Å². The van der Waals surface area contributed by atoms with Gasteiger partial charge in [0.25, 0.3) is 5.91 Å². The van der Waals surface area contributed by atoms with Gasteiger partial charge in [0, 0.05) is 30.9 Å². The van der Waals surface area contributed by atoms with Gasteiger partial charge in [-0.1, -0.05) is 18.2 Å². The highest BCUT2D eigenvalue weighted by Gasteiger charge is 2.09. The molecule has 1 amide bonds. The maximum absolute atomic E-state index is 12.9. The van der Waals surface area contributed by atoms with Crippen LogP contribution in [0.15, 0.2) is 42.5 Å². The van der Waals surface area contributed by atoms with Crippen molar-refractivity contribution in [3.8, 4) is 0 Å². The first-order chi connectivity index (χ1) is 11.0. The van der Waals surface area contributed by atoms with Crippen LogP contribution in [0.4, 0.5) is 10.1 Å². The van der Waals surface area contributed by atoms with Crippen LogP contribution in [0, 0.1) is 12.7 Å². The molecule has 0 heterocycles. The van der Waals surface area contributed by atoms with E-state index in [-0.39, 0.29) is 11.7 Å². The van der Waals surface area contributed by atoms with E-state index in [1.54, 1.807) is 24.3 Å². The average Bonchev–Trinajstić information content (AvgIpc) is 2.52. The quantitative estimate of drug-likeness (QED) is 0.806. The van der Waals surface area contributed by atoms with Gasteiger partial charge in [0.2, 0.25) is 0 Å². The molecule has 0 unspecified atom stereocenters. The maximum atomic E-state index is 12.9. The fraction of sp³-hybridized carbons (Fsp3) is 0.278. The number of hydrogen-bond donors (Lipinski definition) is 2. The van der Waals surface area contributed by atoms with Gasteiger partial charge in [-0.3, -0.25) is 4.79 Å². The summed E-state index contributed by atoms with van der Waals surface area (Å²) in [5.41, 5.74) is 8.84. The molecule has 0 saturated carbocycles. The van der Waals surface area contributed by atoms with Crippen molar-refractivity contribution < 1.29 is 9.18 Å². The second-order valence-electron chi connectivity index (χ2n) is 5.69. The number of anilines is 1. The SMILES string of the molecule is Cc1ccc(N)cc1C(=O)NCCN(C)Cc1ccc(F)cc1. The Bertz CT molecular complexity index is 670. The summed E-state index contributed by atoms with van der Waals surface area (Å²) in [6.07, 6.45) is 0. The number of benzene rings is 2. The fourth-order valence-corrected chi connectivity index (χ4v) is 2.32. The third-order valence-electron chi connectivity index (χ3n) is 3.65. The lowest BCUT2D eigenvalue weighted by Crippen LogP contribution is -2.33. The number of carbonyl (C=O) groups excluding carboxylic acids is 1. The summed E-state index contributed by atoms with van der Waals surface area (Å²) in [6, 6.07) is 11.7. The Hall–Kier alpha value is -2.40. The smallest absolute Gasteiger partial charge is 0.251 e. The first-order valence-electron chi connectivity index (χ1n) is 7.53. The van der Waals surface area contributed by atoms with Crippen LogP contribution >= 0.6 is 0 Å². The van der Waals surface area contributed by atoms with Crippen LogP contribution in [0.1, 0.15) is 21.5 Å². The molecule has 0 fully saturated rings. The topological polar surface area (TPSA) is 58.4 Å². The van der Waals surface area contributed by atoms with Crippen molar-refractivity contribution in [1.82, 2.24) is 10.2 Å². The third kappa shape index (κ3) is 5.07. The van der Waals surface area contributed by atoms with Gasteiger partial charge < -0.3 is 16.0 Å². The number of amides is 1. The van der Waals surface area contributed by atoms with Gasteiger partial charge in [-0.2, -0.15) is 0 Å². The van der Waals surface area contributed by atoms with Crippen LogP contribution in [0.25, 0.3) is 0 Å². The van der Waals surface area contributed by atoms with Crippen molar-refractivity contribution in [2.75, 3.05) is 25.9 Å². The average molecular weight is 315 g/mol. The molecule has 3 N–H and O–H groups in total. The lowest BCUT2D eigenvalue weighted by molar-refractivity contribution is 0.0949. The van der Waals surface area contributed by atoms with Gasteiger partial charge in [0.1, 0.15) is 5.82 Å². The first kappa shape index (κ1) is 17.0. The van der Waals surface area contributed by atoms with E-state index in [2.05, 4.69) is 10.2 Å². The zero-order valence-electron chi connectivity index (χ0n) is 13.5. The number of hydrogen-bond acceptors (Lipinski definition) is 3. The predicted molar refractivity (Wildman–Crippen MR) is 90.7 cm³/mol. The van der Waals surface area contributed by atoms with E-state index in [1.165, 1.54) is 12.1 Å². The van der Waals surface area contributed by atoms with Gasteiger partial charge in [-0.25, -0.2) is 4.39 Å². The van der Waals surface area contributed by atoms with E-state index in [0.29, 0.717) is 30.9 Å². The number of nitrogens with two attached hydrogens (primary N) is 1. The molecular formula is C18H22FN3O. The summed E-state index contributed by atoms with van der Waals surface area (Å²) in [5.74, 6) is -0.355. The minimum absolute atomic E-state index is 0.120. The second-order valence-corrected chi connectivity index (χ2v) is 5.69. The van der Waals surface area contributed by atoms with Gasteiger partial charge in [0.15, 0.2) is 0 Å². The zero-order valence-corrected chi connectivity index (χ0v) is 13.5. The van der Waals surface area contributed by atoms with Crippen molar-refractivity contribution in [3.05, 3.63) is 65.0 Å². The standard InChI is InChI=1S/C18H22FN3O/c1-13-3-8-16(20)11-17(13)18(23)21-9-10-22(2)12-14-4-6-15(19)7-5-14/h3-8,11H,9-10,12,20H2,1-2H3,(H,21,23). The highest BCUT2D eigenvalue weighted by molar-refractivity contribution is 5.96. The van der Waals surface area contributed by atoms with E-state index >= 15 is 0 Å². The Labute approximate surface area is 136 Å². The number of nitrogen functional groups attached to an aromatic ring is 1. The lowest BCUT2D eigenvalue weighted by atomic mass is 10.1. The summed E-state index contributed by atoms with van der Waals surface area (Å²) in [6.45, 7) is 3.82. The Kier molecular flexibility index (Phi) is 5.71. The summed E-state index contributed by atoms with van der Waals surface area (Å²) in [4.78, 5) is 14.2. The lowest BCUT2D eigenvalue weighted by Gasteiger charge is -2.17. The van der Waals surface area contributed by atoms with Crippen LogP contribution in [-0.2, 0) is 6.54 Å². The third-order valence-corrected chi connectivity index (χ3v) is 3.65. The minimum atomic E-state index is -0.235. The Morgan fingerprint density at radius 1 is 1.22 bits per heavy atom. The largest absolute Gasteiger partial charge is 0.399 e. The van der Waals surface area contributed by atoms with Gasteiger partial charge in [-0.15, -0.1) is 0 Å². The zero-order chi connectivity index (χ0) is 16.8. The summed E-state index contributed by atoms with van der Waals surface area (Å²) in [7, 11) is 1.96. The number of aryl methyl sites for hydroxylation is 1. The summed E-state index contributed by atoms with van der Waals surface area (Å²) >= 11 is 0. The molecule has 0 aliphatic heterocycles. The van der Waals surface area contributed by atoms with Crippen molar-refractivity contribution in [1.29, 1.82) is 0 Å². The molecule has 0 radical (unpaired) electrons. The molecule has 5 heteroatoms. The molecule has 2 aromatic rings. The molecule has 0 aliphatic carbocycles. The molecule has 0 aliphatic rings. The molecule has 4 nitrogen and oxygen atoms in total. The van der Waals surface area contributed by atoms with Crippen LogP contribution < -0.4 is 11.1 Å².